The summed E-state index contributed by atoms with van der Waals surface area (Å²) in [5, 5.41) is -0.00956. The monoisotopic (exact) mass is 191 g/mol. The minimum Gasteiger partial charge on any atom is -0.395 e. The summed E-state index contributed by atoms with van der Waals surface area (Å²) in [5.74, 6) is -0.229. The molecular weight excluding hydrogens is 190 g/mol. The van der Waals surface area contributed by atoms with Gasteiger partial charge in [-0.2, -0.15) is 0 Å². The van der Waals surface area contributed by atoms with Crippen LogP contribution in [0.1, 0.15) is 0 Å². The second-order valence-electron chi connectivity index (χ2n) is 2.15. The highest BCUT2D eigenvalue weighted by Crippen LogP contribution is 2.44. The van der Waals surface area contributed by atoms with Crippen LogP contribution in [-0.2, 0) is 0 Å². The van der Waals surface area contributed by atoms with Crippen molar-refractivity contribution in [1.82, 2.24) is 0 Å². The summed E-state index contributed by atoms with van der Waals surface area (Å²) in [6.07, 6.45) is -3.61. The number of ether oxygens (including phenoxy) is 2. The molecule has 0 unspecified atom stereocenters. The molecule has 1 radical (unpaired) electrons. The number of hydrogen-bond donors (Lipinski definition) is 0. The normalized spacial score (nSPS) is 17.9. The van der Waals surface area contributed by atoms with Crippen molar-refractivity contribution in [2.75, 3.05) is 0 Å². The topological polar surface area (TPSA) is 18.5 Å². The number of rotatable bonds is 0. The Balaban J connectivity index is 2.48. The zero-order chi connectivity index (χ0) is 8.77. The van der Waals surface area contributed by atoms with Crippen molar-refractivity contribution < 1.29 is 18.3 Å². The average molecular weight is 192 g/mol. The molecule has 2 nitrogen and oxygen atoms in total. The smallest absolute Gasteiger partial charge is 0.395 e. The van der Waals surface area contributed by atoms with Gasteiger partial charge in [0.1, 0.15) is 0 Å². The molecule has 12 heavy (non-hydrogen) atoms. The Morgan fingerprint density at radius 2 is 2.17 bits per heavy atom. The van der Waals surface area contributed by atoms with E-state index < -0.39 is 6.29 Å². The van der Waals surface area contributed by atoms with Gasteiger partial charge in [0, 0.05) is 6.07 Å². The average Bonchev–Trinajstić information content (AvgIpc) is 2.25. The maximum Gasteiger partial charge on any atom is 0.586 e. The lowest BCUT2D eigenvalue weighted by molar-refractivity contribution is -0.286. The van der Waals surface area contributed by atoms with Gasteiger partial charge in [0.2, 0.25) is 0 Å². The zero-order valence-electron chi connectivity index (χ0n) is 5.61. The largest absolute Gasteiger partial charge is 0.586 e. The maximum absolute atomic E-state index is 12.4. The minimum atomic E-state index is -3.61. The summed E-state index contributed by atoms with van der Waals surface area (Å²) >= 11 is 5.50. The van der Waals surface area contributed by atoms with E-state index in [0.717, 1.165) is 0 Å². The molecule has 1 aromatic rings. The van der Waals surface area contributed by atoms with Crippen LogP contribution in [0.15, 0.2) is 12.1 Å². The van der Waals surface area contributed by atoms with E-state index in [-0.39, 0.29) is 16.5 Å². The predicted octanol–water partition coefficient (Wildman–Crippen LogP) is 2.46. The van der Waals surface area contributed by atoms with Crippen molar-refractivity contribution in [1.29, 1.82) is 0 Å². The van der Waals surface area contributed by atoms with Crippen molar-refractivity contribution in [3.63, 3.8) is 0 Å². The third-order valence-corrected chi connectivity index (χ3v) is 1.60. The van der Waals surface area contributed by atoms with Crippen LogP contribution in [0.2, 0.25) is 5.02 Å². The Kier molecular flexibility index (Phi) is 1.41. The Hall–Kier alpha value is -1.03. The van der Waals surface area contributed by atoms with E-state index in [0.29, 0.717) is 0 Å². The first-order valence-electron chi connectivity index (χ1n) is 3.04. The molecule has 0 bridgehead atoms. The molecule has 1 heterocycles. The Bertz CT molecular complexity index is 327. The highest BCUT2D eigenvalue weighted by Gasteiger charge is 2.44. The summed E-state index contributed by atoms with van der Waals surface area (Å²) in [4.78, 5) is 0. The second-order valence-corrected chi connectivity index (χ2v) is 2.53. The van der Waals surface area contributed by atoms with Crippen molar-refractivity contribution in [2.24, 2.45) is 0 Å². The molecule has 1 aromatic carbocycles. The quantitative estimate of drug-likeness (QED) is 0.627. The fraction of sp³-hybridized carbons (Fsp3) is 0.143. The van der Waals surface area contributed by atoms with Gasteiger partial charge in [-0.15, -0.1) is 8.78 Å². The first-order valence-corrected chi connectivity index (χ1v) is 3.42. The second kappa shape index (κ2) is 2.23. The molecule has 0 fully saturated rings. The van der Waals surface area contributed by atoms with Crippen LogP contribution < -0.4 is 9.47 Å². The van der Waals surface area contributed by atoms with Gasteiger partial charge in [-0.05, 0) is 12.1 Å². The highest BCUT2D eigenvalue weighted by molar-refractivity contribution is 6.32. The van der Waals surface area contributed by atoms with E-state index >= 15 is 0 Å². The van der Waals surface area contributed by atoms with Gasteiger partial charge in [0.25, 0.3) is 0 Å². The number of benzene rings is 1. The molecule has 63 valence electrons. The van der Waals surface area contributed by atoms with Crippen molar-refractivity contribution in [3.05, 3.63) is 23.2 Å². The lowest BCUT2D eigenvalue weighted by atomic mass is 10.3. The number of fused-ring (bicyclic) bond motifs is 1. The molecule has 1 aliphatic rings. The van der Waals surface area contributed by atoms with E-state index in [1.54, 1.807) is 0 Å². The fourth-order valence-electron chi connectivity index (χ4n) is 0.883. The van der Waals surface area contributed by atoms with Gasteiger partial charge in [-0.25, -0.2) is 0 Å². The first-order chi connectivity index (χ1) is 5.58. The minimum absolute atomic E-state index is 0.00956. The Labute approximate surface area is 71.7 Å². The molecule has 2 rings (SSSR count). The standard InChI is InChI=1S/C7H2ClF2O2/c8-4-2-1-3-5-6(4)12-7(9,10)11-5/h1,3H. The van der Waals surface area contributed by atoms with E-state index in [9.17, 15) is 8.78 Å². The van der Waals surface area contributed by atoms with E-state index in [1.807, 2.05) is 0 Å². The number of halogens is 3. The van der Waals surface area contributed by atoms with E-state index in [4.69, 9.17) is 11.6 Å². The third-order valence-electron chi connectivity index (χ3n) is 1.32. The Morgan fingerprint density at radius 3 is 2.83 bits per heavy atom. The highest BCUT2D eigenvalue weighted by atomic mass is 35.5. The van der Waals surface area contributed by atoms with Crippen LogP contribution in [0.25, 0.3) is 0 Å². The van der Waals surface area contributed by atoms with Gasteiger partial charge in [-0.3, -0.25) is 0 Å². The lowest BCUT2D eigenvalue weighted by Crippen LogP contribution is -2.26. The van der Waals surface area contributed by atoms with Crippen LogP contribution in [0, 0.1) is 6.07 Å². The summed E-state index contributed by atoms with van der Waals surface area (Å²) < 4.78 is 33.0. The number of alkyl halides is 2. The summed E-state index contributed by atoms with van der Waals surface area (Å²) in [7, 11) is 0. The van der Waals surface area contributed by atoms with Gasteiger partial charge >= 0.3 is 6.29 Å². The SMILES string of the molecule is FC1(F)Oc2cc[c]c(Cl)c2O1. The van der Waals surface area contributed by atoms with Crippen LogP contribution in [0.4, 0.5) is 8.78 Å². The Morgan fingerprint density at radius 1 is 1.42 bits per heavy atom. The molecule has 0 atom stereocenters. The summed E-state index contributed by atoms with van der Waals surface area (Å²) in [6.45, 7) is 0. The van der Waals surface area contributed by atoms with Crippen LogP contribution in [0.5, 0.6) is 11.5 Å². The van der Waals surface area contributed by atoms with Crippen LogP contribution in [0.3, 0.4) is 0 Å². The van der Waals surface area contributed by atoms with Crippen LogP contribution >= 0.6 is 11.6 Å². The molecule has 0 aromatic heterocycles. The van der Waals surface area contributed by atoms with Crippen molar-refractivity contribution in [3.8, 4) is 11.5 Å². The summed E-state index contributed by atoms with van der Waals surface area (Å²) in [5.41, 5.74) is 0. The first kappa shape index (κ1) is 7.61. The maximum atomic E-state index is 12.4. The molecule has 0 saturated carbocycles. The van der Waals surface area contributed by atoms with Gasteiger partial charge in [-0.1, -0.05) is 11.6 Å². The van der Waals surface area contributed by atoms with Crippen molar-refractivity contribution >= 4 is 11.6 Å². The van der Waals surface area contributed by atoms with Gasteiger partial charge in [0.15, 0.2) is 11.5 Å². The van der Waals surface area contributed by atoms with E-state index in [1.165, 1.54) is 12.1 Å². The zero-order valence-corrected chi connectivity index (χ0v) is 6.36. The molecule has 1 aliphatic heterocycles. The van der Waals surface area contributed by atoms with Crippen molar-refractivity contribution in [2.45, 2.75) is 6.29 Å². The molecule has 0 N–H and O–H groups in total. The fourth-order valence-corrected chi connectivity index (χ4v) is 1.08. The van der Waals surface area contributed by atoms with Gasteiger partial charge < -0.3 is 9.47 Å². The molecule has 0 aliphatic carbocycles. The van der Waals surface area contributed by atoms with Crippen LogP contribution in [-0.4, -0.2) is 6.29 Å². The number of hydrogen-bond acceptors (Lipinski definition) is 2. The molecular formula is C7H2ClF2O2. The third kappa shape index (κ3) is 1.08. The van der Waals surface area contributed by atoms with Gasteiger partial charge in [0.05, 0.1) is 5.02 Å². The summed E-state index contributed by atoms with van der Waals surface area (Å²) in [6, 6.07) is 5.19. The molecule has 0 amide bonds. The predicted molar refractivity (Wildman–Crippen MR) is 36.5 cm³/mol. The molecule has 0 saturated heterocycles. The lowest BCUT2D eigenvalue weighted by Gasteiger charge is -2.04. The molecule has 5 heteroatoms. The van der Waals surface area contributed by atoms with E-state index in [2.05, 4.69) is 15.5 Å². The molecule has 0 spiro atoms.